The Bertz CT molecular complexity index is 603. The number of carbonyl (C=O) groups is 1. The molecular formula is C18H29ClN4O3. The summed E-state index contributed by atoms with van der Waals surface area (Å²) in [6.45, 7) is 3.16. The molecule has 4 rings (SSSR count). The number of aromatic nitrogens is 2. The molecule has 8 heteroatoms. The summed E-state index contributed by atoms with van der Waals surface area (Å²) in [7, 11) is 1.67. The van der Waals surface area contributed by atoms with Crippen molar-refractivity contribution in [3.63, 3.8) is 0 Å². The second kappa shape index (κ2) is 8.67. The Morgan fingerprint density at radius 3 is 2.77 bits per heavy atom. The number of carbonyl (C=O) groups excluding carboxylic acids is 1. The highest BCUT2D eigenvalue weighted by atomic mass is 35.5. The van der Waals surface area contributed by atoms with E-state index in [0.29, 0.717) is 37.2 Å². The molecule has 7 nitrogen and oxygen atoms in total. The Morgan fingerprint density at radius 1 is 1.31 bits per heavy atom. The molecule has 1 aliphatic heterocycles. The van der Waals surface area contributed by atoms with Gasteiger partial charge in [-0.15, -0.1) is 12.4 Å². The SMILES string of the molecule is COCCc1noc(CN2C[C@H](NC(=O)C3CCC3)[C@@H](C3CC3)C2)n1.Cl. The molecule has 1 N–H and O–H groups in total. The highest BCUT2D eigenvalue weighted by molar-refractivity contribution is 5.85. The number of likely N-dealkylation sites (tertiary alicyclic amines) is 1. The van der Waals surface area contributed by atoms with E-state index in [-0.39, 0.29) is 30.3 Å². The Kier molecular flexibility index (Phi) is 6.53. The molecule has 0 spiro atoms. The van der Waals surface area contributed by atoms with Crippen LogP contribution in [0.1, 0.15) is 43.8 Å². The summed E-state index contributed by atoms with van der Waals surface area (Å²) >= 11 is 0. The molecule has 2 saturated carbocycles. The molecule has 2 aliphatic carbocycles. The first-order chi connectivity index (χ1) is 12.2. The molecule has 1 aromatic rings. The first kappa shape index (κ1) is 19.6. The fraction of sp³-hybridized carbons (Fsp3) is 0.833. The molecule has 1 amide bonds. The molecule has 3 fully saturated rings. The van der Waals surface area contributed by atoms with E-state index in [9.17, 15) is 4.79 Å². The summed E-state index contributed by atoms with van der Waals surface area (Å²) in [5.41, 5.74) is 0. The van der Waals surface area contributed by atoms with Crippen molar-refractivity contribution in [3.05, 3.63) is 11.7 Å². The Hall–Kier alpha value is -1.18. The average molecular weight is 385 g/mol. The number of halogens is 1. The molecule has 0 bridgehead atoms. The minimum atomic E-state index is 0. The van der Waals surface area contributed by atoms with Crippen molar-refractivity contribution in [3.8, 4) is 0 Å². The molecule has 2 atom stereocenters. The van der Waals surface area contributed by atoms with Gasteiger partial charge in [-0.25, -0.2) is 0 Å². The largest absolute Gasteiger partial charge is 0.384 e. The fourth-order valence-electron chi connectivity index (χ4n) is 4.01. The lowest BCUT2D eigenvalue weighted by molar-refractivity contribution is -0.128. The van der Waals surface area contributed by atoms with Crippen LogP contribution in [0.5, 0.6) is 0 Å². The standard InChI is InChI=1S/C18H28N4O3.ClH/c1-24-8-7-16-20-17(25-21-16)11-22-9-14(12-5-6-12)15(10-22)19-18(23)13-3-2-4-13;/h12-15H,2-11H2,1H3,(H,19,23);1H/t14-,15+;/m1./s1. The van der Waals surface area contributed by atoms with Crippen LogP contribution in [0, 0.1) is 17.8 Å². The summed E-state index contributed by atoms with van der Waals surface area (Å²) < 4.78 is 10.4. The summed E-state index contributed by atoms with van der Waals surface area (Å²) in [4.78, 5) is 19.2. The number of hydrogen-bond donors (Lipinski definition) is 1. The summed E-state index contributed by atoms with van der Waals surface area (Å²) in [6, 6.07) is 0.275. The van der Waals surface area contributed by atoms with Gasteiger partial charge in [0.2, 0.25) is 11.8 Å². The zero-order valence-electron chi connectivity index (χ0n) is 15.4. The first-order valence-electron chi connectivity index (χ1n) is 9.56. The van der Waals surface area contributed by atoms with Gasteiger partial charge in [0.15, 0.2) is 5.82 Å². The maximum Gasteiger partial charge on any atom is 0.240 e. The second-order valence-electron chi connectivity index (χ2n) is 7.79. The summed E-state index contributed by atoms with van der Waals surface area (Å²) in [5.74, 6) is 3.23. The number of nitrogens with zero attached hydrogens (tertiary/aromatic N) is 3. The van der Waals surface area contributed by atoms with E-state index >= 15 is 0 Å². The van der Waals surface area contributed by atoms with Gasteiger partial charge in [-0.3, -0.25) is 9.69 Å². The normalized spacial score (nSPS) is 26.3. The summed E-state index contributed by atoms with van der Waals surface area (Å²) in [5, 5.41) is 7.35. The van der Waals surface area contributed by atoms with Crippen LogP contribution < -0.4 is 5.32 Å². The molecule has 1 aromatic heterocycles. The highest BCUT2D eigenvalue weighted by Crippen LogP contribution is 2.42. The monoisotopic (exact) mass is 384 g/mol. The number of rotatable bonds is 8. The van der Waals surface area contributed by atoms with Gasteiger partial charge in [0, 0.05) is 38.6 Å². The van der Waals surface area contributed by atoms with Crippen LogP contribution in [-0.2, 0) is 22.5 Å². The lowest BCUT2D eigenvalue weighted by Crippen LogP contribution is -2.45. The van der Waals surface area contributed by atoms with Gasteiger partial charge in [-0.2, -0.15) is 4.98 Å². The molecular weight excluding hydrogens is 356 g/mol. The third-order valence-electron chi connectivity index (χ3n) is 5.87. The molecule has 0 unspecified atom stereocenters. The quantitative estimate of drug-likeness (QED) is 0.736. The van der Waals surface area contributed by atoms with E-state index in [1.165, 1.54) is 19.3 Å². The van der Waals surface area contributed by atoms with Crippen molar-refractivity contribution in [2.75, 3.05) is 26.8 Å². The molecule has 26 heavy (non-hydrogen) atoms. The van der Waals surface area contributed by atoms with Crippen molar-refractivity contribution in [1.82, 2.24) is 20.4 Å². The van der Waals surface area contributed by atoms with E-state index in [1.807, 2.05) is 0 Å². The average Bonchev–Trinajstić information content (AvgIpc) is 3.17. The number of nitrogens with one attached hydrogen (secondary N) is 1. The molecule has 0 radical (unpaired) electrons. The van der Waals surface area contributed by atoms with Gasteiger partial charge in [-0.05, 0) is 37.5 Å². The number of amides is 1. The van der Waals surface area contributed by atoms with Crippen molar-refractivity contribution < 1.29 is 14.1 Å². The van der Waals surface area contributed by atoms with Gasteiger partial charge in [0.25, 0.3) is 0 Å². The van der Waals surface area contributed by atoms with Gasteiger partial charge < -0.3 is 14.6 Å². The lowest BCUT2D eigenvalue weighted by atomic mass is 9.84. The van der Waals surface area contributed by atoms with Crippen LogP contribution in [0.2, 0.25) is 0 Å². The van der Waals surface area contributed by atoms with Crippen molar-refractivity contribution in [2.45, 2.75) is 51.1 Å². The summed E-state index contributed by atoms with van der Waals surface area (Å²) in [6.07, 6.45) is 6.59. The molecule has 2 heterocycles. The van der Waals surface area contributed by atoms with Crippen LogP contribution >= 0.6 is 12.4 Å². The molecule has 0 aromatic carbocycles. The van der Waals surface area contributed by atoms with Gasteiger partial charge in [-0.1, -0.05) is 11.6 Å². The van der Waals surface area contributed by atoms with E-state index in [0.717, 1.165) is 31.8 Å². The Balaban J connectivity index is 0.00000196. The van der Waals surface area contributed by atoms with Crippen LogP contribution in [0.25, 0.3) is 0 Å². The lowest BCUT2D eigenvalue weighted by Gasteiger charge is -2.28. The van der Waals surface area contributed by atoms with Crippen LogP contribution in [-0.4, -0.2) is 53.8 Å². The number of hydrogen-bond acceptors (Lipinski definition) is 6. The molecule has 146 valence electrons. The van der Waals surface area contributed by atoms with Crippen LogP contribution in [0.4, 0.5) is 0 Å². The predicted octanol–water partition coefficient (Wildman–Crippen LogP) is 1.81. The zero-order chi connectivity index (χ0) is 17.2. The third kappa shape index (κ3) is 4.56. The first-order valence-corrected chi connectivity index (χ1v) is 9.56. The highest BCUT2D eigenvalue weighted by Gasteiger charge is 2.44. The number of ether oxygens (including phenoxy) is 1. The van der Waals surface area contributed by atoms with Crippen molar-refractivity contribution >= 4 is 18.3 Å². The maximum absolute atomic E-state index is 12.4. The zero-order valence-corrected chi connectivity index (χ0v) is 16.2. The van der Waals surface area contributed by atoms with Crippen LogP contribution in [0.15, 0.2) is 4.52 Å². The van der Waals surface area contributed by atoms with Gasteiger partial charge in [0.05, 0.1) is 13.2 Å². The van der Waals surface area contributed by atoms with Gasteiger partial charge in [0.1, 0.15) is 0 Å². The second-order valence-corrected chi connectivity index (χ2v) is 7.79. The molecule has 3 aliphatic rings. The smallest absolute Gasteiger partial charge is 0.240 e. The minimum absolute atomic E-state index is 0. The minimum Gasteiger partial charge on any atom is -0.384 e. The Morgan fingerprint density at radius 2 is 2.12 bits per heavy atom. The van der Waals surface area contributed by atoms with E-state index in [1.54, 1.807) is 7.11 Å². The number of methoxy groups -OCH3 is 1. The topological polar surface area (TPSA) is 80.5 Å². The Labute approximate surface area is 160 Å². The molecule has 1 saturated heterocycles. The maximum atomic E-state index is 12.4. The van der Waals surface area contributed by atoms with Gasteiger partial charge >= 0.3 is 0 Å². The van der Waals surface area contributed by atoms with Crippen molar-refractivity contribution in [1.29, 1.82) is 0 Å². The van der Waals surface area contributed by atoms with Crippen LogP contribution in [0.3, 0.4) is 0 Å². The van der Waals surface area contributed by atoms with E-state index in [4.69, 9.17) is 9.26 Å². The predicted molar refractivity (Wildman–Crippen MR) is 97.9 cm³/mol. The van der Waals surface area contributed by atoms with Crippen molar-refractivity contribution in [2.24, 2.45) is 17.8 Å². The van der Waals surface area contributed by atoms with E-state index in [2.05, 4.69) is 20.4 Å². The van der Waals surface area contributed by atoms with E-state index < -0.39 is 0 Å². The third-order valence-corrected chi connectivity index (χ3v) is 5.87. The fourth-order valence-corrected chi connectivity index (χ4v) is 4.01.